The van der Waals surface area contributed by atoms with Gasteiger partial charge in [-0.05, 0) is 31.4 Å². The number of anilines is 1. The van der Waals surface area contributed by atoms with E-state index in [0.29, 0.717) is 12.0 Å². The molecular formula is C18H23NO4S. The first-order valence-corrected chi connectivity index (χ1v) is 9.60. The van der Waals surface area contributed by atoms with Gasteiger partial charge < -0.3 is 9.64 Å². The predicted molar refractivity (Wildman–Crippen MR) is 95.0 cm³/mol. The predicted octanol–water partition coefficient (Wildman–Crippen LogP) is 3.18. The fourth-order valence-corrected chi connectivity index (χ4v) is 4.19. The Bertz CT molecular complexity index is 811. The Balaban J connectivity index is 1.91. The number of fused-ring (bicyclic) bond motifs is 1. The van der Waals surface area contributed by atoms with E-state index < -0.39 is 10.1 Å². The maximum atomic E-state index is 12.7. The average molecular weight is 349 g/mol. The van der Waals surface area contributed by atoms with Gasteiger partial charge in [0.2, 0.25) is 0 Å². The van der Waals surface area contributed by atoms with Crippen LogP contribution in [-0.4, -0.2) is 41.8 Å². The highest BCUT2D eigenvalue weighted by Gasteiger charge is 2.23. The molecule has 1 unspecified atom stereocenters. The topological polar surface area (TPSA) is 55.8 Å². The first-order chi connectivity index (χ1) is 11.5. The van der Waals surface area contributed by atoms with E-state index in [9.17, 15) is 8.42 Å². The molecule has 3 rings (SSSR count). The van der Waals surface area contributed by atoms with E-state index >= 15 is 0 Å². The van der Waals surface area contributed by atoms with E-state index in [2.05, 4.69) is 0 Å². The van der Waals surface area contributed by atoms with Gasteiger partial charge in [-0.25, -0.2) is 0 Å². The van der Waals surface area contributed by atoms with Gasteiger partial charge in [0, 0.05) is 37.2 Å². The van der Waals surface area contributed by atoms with Gasteiger partial charge in [-0.3, -0.25) is 4.18 Å². The largest absolute Gasteiger partial charge is 0.377 e. The molecule has 0 aromatic heterocycles. The van der Waals surface area contributed by atoms with Crippen LogP contribution in [-0.2, 0) is 19.0 Å². The lowest BCUT2D eigenvalue weighted by Gasteiger charge is -2.22. The summed E-state index contributed by atoms with van der Waals surface area (Å²) in [7, 11) is 0.0475. The molecule has 24 heavy (non-hydrogen) atoms. The van der Waals surface area contributed by atoms with Crippen LogP contribution >= 0.6 is 0 Å². The summed E-state index contributed by atoms with van der Waals surface area (Å²) < 4.78 is 36.2. The van der Waals surface area contributed by atoms with Gasteiger partial charge in [0.05, 0.1) is 12.7 Å². The summed E-state index contributed by atoms with van der Waals surface area (Å²) in [6.45, 7) is 0.751. The van der Waals surface area contributed by atoms with Crippen molar-refractivity contribution in [2.45, 2.75) is 30.3 Å². The molecule has 1 atom stereocenters. The minimum absolute atomic E-state index is 0.0755. The summed E-state index contributed by atoms with van der Waals surface area (Å²) in [5.74, 6) is 0. The zero-order valence-corrected chi connectivity index (χ0v) is 14.9. The van der Waals surface area contributed by atoms with E-state index in [1.54, 1.807) is 12.1 Å². The number of hydrogen-bond acceptors (Lipinski definition) is 5. The van der Waals surface area contributed by atoms with Crippen LogP contribution in [0.2, 0.25) is 0 Å². The molecule has 0 radical (unpaired) electrons. The van der Waals surface area contributed by atoms with Crippen molar-refractivity contribution in [1.29, 1.82) is 0 Å². The van der Waals surface area contributed by atoms with Crippen LogP contribution < -0.4 is 4.90 Å². The quantitative estimate of drug-likeness (QED) is 0.776. The first-order valence-electron chi connectivity index (χ1n) is 8.19. The molecule has 130 valence electrons. The van der Waals surface area contributed by atoms with Crippen LogP contribution in [0.1, 0.15) is 19.3 Å². The van der Waals surface area contributed by atoms with Crippen LogP contribution in [0.3, 0.4) is 0 Å². The molecular weight excluding hydrogens is 326 g/mol. The Hall–Kier alpha value is -1.63. The van der Waals surface area contributed by atoms with Gasteiger partial charge in [0.15, 0.2) is 0 Å². The van der Waals surface area contributed by atoms with Crippen molar-refractivity contribution in [3.63, 3.8) is 0 Å². The molecule has 1 aliphatic rings. The van der Waals surface area contributed by atoms with Gasteiger partial charge >= 0.3 is 0 Å². The Morgan fingerprint density at radius 3 is 2.58 bits per heavy atom. The molecule has 0 amide bonds. The molecule has 0 spiro atoms. The molecule has 1 heterocycles. The van der Waals surface area contributed by atoms with Crippen molar-refractivity contribution in [3.05, 3.63) is 36.4 Å². The second kappa shape index (κ2) is 7.09. The van der Waals surface area contributed by atoms with Crippen molar-refractivity contribution in [2.75, 3.05) is 32.2 Å². The fourth-order valence-electron chi connectivity index (χ4n) is 3.04. The maximum Gasteiger partial charge on any atom is 0.297 e. The van der Waals surface area contributed by atoms with Gasteiger partial charge in [-0.2, -0.15) is 8.42 Å². The molecule has 1 saturated heterocycles. The second-order valence-corrected chi connectivity index (χ2v) is 7.83. The average Bonchev–Trinajstić information content (AvgIpc) is 2.59. The number of ether oxygens (including phenoxy) is 1. The highest BCUT2D eigenvalue weighted by atomic mass is 32.2. The fraction of sp³-hybridized carbons (Fsp3) is 0.444. The summed E-state index contributed by atoms with van der Waals surface area (Å²) in [4.78, 5) is 2.18. The molecule has 5 nitrogen and oxygen atoms in total. The Labute approximate surface area is 143 Å². The summed E-state index contributed by atoms with van der Waals surface area (Å²) in [6, 6.07) is 10.9. The number of hydrogen-bond donors (Lipinski definition) is 0. The second-order valence-electron chi connectivity index (χ2n) is 6.25. The molecule has 0 aliphatic carbocycles. The summed E-state index contributed by atoms with van der Waals surface area (Å²) in [6.07, 6.45) is 2.78. The third-order valence-electron chi connectivity index (χ3n) is 4.29. The van der Waals surface area contributed by atoms with Crippen molar-refractivity contribution >= 4 is 26.6 Å². The minimum Gasteiger partial charge on any atom is -0.377 e. The third kappa shape index (κ3) is 3.55. The van der Waals surface area contributed by atoms with Crippen LogP contribution in [0.15, 0.2) is 41.3 Å². The summed E-state index contributed by atoms with van der Waals surface area (Å²) >= 11 is 0. The van der Waals surface area contributed by atoms with Gasteiger partial charge in [0.25, 0.3) is 10.1 Å². The van der Waals surface area contributed by atoms with Crippen molar-refractivity contribution < 1.29 is 17.3 Å². The molecule has 2 aromatic rings. The van der Waals surface area contributed by atoms with Crippen molar-refractivity contribution in [3.8, 4) is 0 Å². The van der Waals surface area contributed by atoms with Gasteiger partial charge in [-0.1, -0.05) is 24.3 Å². The zero-order valence-electron chi connectivity index (χ0n) is 14.1. The number of benzene rings is 2. The standard InChI is InChI=1S/C18H23NO4S/c1-19(2)17-10-5-9-16-15(17)8-6-11-18(16)24(20,21)23-13-14-7-3-4-12-22-14/h5-6,8-11,14H,3-4,7,12-13H2,1-2H3. The first kappa shape index (κ1) is 17.2. The van der Waals surface area contributed by atoms with Crippen LogP contribution in [0.25, 0.3) is 10.8 Å². The molecule has 0 saturated carbocycles. The normalized spacial score (nSPS) is 18.7. The van der Waals surface area contributed by atoms with Crippen LogP contribution in [0, 0.1) is 0 Å². The van der Waals surface area contributed by atoms with Crippen LogP contribution in [0.4, 0.5) is 5.69 Å². The lowest BCUT2D eigenvalue weighted by atomic mass is 10.1. The molecule has 1 fully saturated rings. The van der Waals surface area contributed by atoms with E-state index in [-0.39, 0.29) is 17.6 Å². The minimum atomic E-state index is -3.83. The Morgan fingerprint density at radius 1 is 1.12 bits per heavy atom. The number of rotatable bonds is 5. The number of nitrogens with zero attached hydrogens (tertiary/aromatic N) is 1. The molecule has 6 heteroatoms. The lowest BCUT2D eigenvalue weighted by Crippen LogP contribution is -2.26. The Morgan fingerprint density at radius 2 is 1.88 bits per heavy atom. The molecule has 0 N–H and O–H groups in total. The summed E-state index contributed by atoms with van der Waals surface area (Å²) in [5.41, 5.74) is 0.972. The van der Waals surface area contributed by atoms with Crippen molar-refractivity contribution in [1.82, 2.24) is 0 Å². The van der Waals surface area contributed by atoms with E-state index in [1.165, 1.54) is 0 Å². The van der Waals surface area contributed by atoms with Gasteiger partial charge in [0.1, 0.15) is 4.90 Å². The highest BCUT2D eigenvalue weighted by Crippen LogP contribution is 2.31. The van der Waals surface area contributed by atoms with E-state index in [4.69, 9.17) is 8.92 Å². The van der Waals surface area contributed by atoms with E-state index in [1.807, 2.05) is 43.3 Å². The molecule has 2 aromatic carbocycles. The smallest absolute Gasteiger partial charge is 0.297 e. The maximum absolute atomic E-state index is 12.7. The van der Waals surface area contributed by atoms with E-state index in [0.717, 1.165) is 30.3 Å². The zero-order chi connectivity index (χ0) is 17.2. The monoisotopic (exact) mass is 349 g/mol. The molecule has 1 aliphatic heterocycles. The SMILES string of the molecule is CN(C)c1cccc2c(S(=O)(=O)OCC3CCCCO3)cccc12. The van der Waals surface area contributed by atoms with Gasteiger partial charge in [-0.15, -0.1) is 0 Å². The van der Waals surface area contributed by atoms with Crippen molar-refractivity contribution in [2.24, 2.45) is 0 Å². The third-order valence-corrected chi connectivity index (χ3v) is 5.63. The Kier molecular flexibility index (Phi) is 5.08. The summed E-state index contributed by atoms with van der Waals surface area (Å²) in [5, 5.41) is 1.56. The van der Waals surface area contributed by atoms with Crippen LogP contribution in [0.5, 0.6) is 0 Å². The lowest BCUT2D eigenvalue weighted by molar-refractivity contribution is -0.00970. The highest BCUT2D eigenvalue weighted by molar-refractivity contribution is 7.87. The molecule has 0 bridgehead atoms.